The minimum Gasteiger partial charge on any atom is -0.467 e. The Kier molecular flexibility index (Phi) is 6.54. The largest absolute Gasteiger partial charge is 0.467 e. The second kappa shape index (κ2) is 9.53. The van der Waals surface area contributed by atoms with Crippen molar-refractivity contribution in [1.82, 2.24) is 10.2 Å². The summed E-state index contributed by atoms with van der Waals surface area (Å²) in [7, 11) is 0. The van der Waals surface area contributed by atoms with Crippen LogP contribution in [0.25, 0.3) is 0 Å². The van der Waals surface area contributed by atoms with E-state index in [-0.39, 0.29) is 24.0 Å². The summed E-state index contributed by atoms with van der Waals surface area (Å²) in [6, 6.07) is 22.4. The molecule has 2 heterocycles. The van der Waals surface area contributed by atoms with Gasteiger partial charge in [-0.3, -0.25) is 4.79 Å². The standard InChI is InChI=1S/C27H30N2O4/c1-27(2,3)24(28-26(31)33-18-20-13-8-5-9-14-20)22-23(21-15-10-16-32-21)29(25(22)30)17-19-11-6-4-7-12-19/h4-16,22-24H,17-18H2,1-3H3,(H,28,31)/t22-,23+,24+/m0/s1. The molecule has 1 aliphatic heterocycles. The second-order valence-corrected chi connectivity index (χ2v) is 9.49. The molecule has 1 N–H and O–H groups in total. The summed E-state index contributed by atoms with van der Waals surface area (Å²) in [6.07, 6.45) is 1.08. The van der Waals surface area contributed by atoms with E-state index >= 15 is 0 Å². The number of alkyl carbamates (subject to hydrolysis) is 1. The maximum atomic E-state index is 13.4. The van der Waals surface area contributed by atoms with Crippen LogP contribution in [0, 0.1) is 11.3 Å². The van der Waals surface area contributed by atoms with Crippen LogP contribution in [-0.4, -0.2) is 22.9 Å². The van der Waals surface area contributed by atoms with Gasteiger partial charge in [0.2, 0.25) is 5.91 Å². The van der Waals surface area contributed by atoms with Crippen LogP contribution < -0.4 is 5.32 Å². The number of carbonyl (C=O) groups is 2. The number of likely N-dealkylation sites (tertiary alicyclic amines) is 1. The molecule has 0 bridgehead atoms. The Bertz CT molecular complexity index is 1060. The number of nitrogens with zero attached hydrogens (tertiary/aromatic N) is 1. The molecule has 1 saturated heterocycles. The molecule has 3 aromatic rings. The van der Waals surface area contributed by atoms with E-state index in [2.05, 4.69) is 5.32 Å². The van der Waals surface area contributed by atoms with E-state index in [9.17, 15) is 9.59 Å². The fourth-order valence-electron chi connectivity index (χ4n) is 4.38. The number of rotatable bonds is 7. The van der Waals surface area contributed by atoms with Crippen molar-refractivity contribution < 1.29 is 18.7 Å². The van der Waals surface area contributed by atoms with Gasteiger partial charge in [-0.1, -0.05) is 81.4 Å². The number of ether oxygens (including phenoxy) is 1. The molecule has 6 heteroatoms. The van der Waals surface area contributed by atoms with Gasteiger partial charge in [-0.05, 0) is 28.7 Å². The number of furan rings is 1. The van der Waals surface area contributed by atoms with Crippen molar-refractivity contribution in [3.8, 4) is 0 Å². The molecule has 0 radical (unpaired) electrons. The molecule has 0 spiro atoms. The third-order valence-corrected chi connectivity index (χ3v) is 6.05. The lowest BCUT2D eigenvalue weighted by atomic mass is 9.70. The fraction of sp³-hybridized carbons (Fsp3) is 0.333. The number of benzene rings is 2. The molecule has 4 rings (SSSR count). The minimum atomic E-state index is -0.536. The van der Waals surface area contributed by atoms with Crippen molar-refractivity contribution in [2.75, 3.05) is 0 Å². The first kappa shape index (κ1) is 22.6. The van der Waals surface area contributed by atoms with Crippen molar-refractivity contribution in [3.05, 3.63) is 95.9 Å². The third-order valence-electron chi connectivity index (χ3n) is 6.05. The number of hydrogen-bond donors (Lipinski definition) is 1. The first-order chi connectivity index (χ1) is 15.8. The highest BCUT2D eigenvalue weighted by atomic mass is 16.5. The predicted molar refractivity (Wildman–Crippen MR) is 125 cm³/mol. The van der Waals surface area contributed by atoms with Crippen molar-refractivity contribution in [1.29, 1.82) is 0 Å². The van der Waals surface area contributed by atoms with Gasteiger partial charge in [0.15, 0.2) is 0 Å². The first-order valence-corrected chi connectivity index (χ1v) is 11.2. The van der Waals surface area contributed by atoms with Crippen LogP contribution in [0.2, 0.25) is 0 Å². The summed E-state index contributed by atoms with van der Waals surface area (Å²) in [6.45, 7) is 6.70. The van der Waals surface area contributed by atoms with Gasteiger partial charge >= 0.3 is 6.09 Å². The van der Waals surface area contributed by atoms with Gasteiger partial charge in [0.1, 0.15) is 18.4 Å². The zero-order valence-electron chi connectivity index (χ0n) is 19.2. The van der Waals surface area contributed by atoms with Gasteiger partial charge in [0, 0.05) is 6.54 Å². The van der Waals surface area contributed by atoms with E-state index in [1.54, 1.807) is 6.26 Å². The zero-order chi connectivity index (χ0) is 23.4. The molecular formula is C27H30N2O4. The predicted octanol–water partition coefficient (Wildman–Crippen LogP) is 5.32. The highest BCUT2D eigenvalue weighted by Crippen LogP contribution is 2.46. The molecule has 33 heavy (non-hydrogen) atoms. The average molecular weight is 447 g/mol. The highest BCUT2D eigenvalue weighted by Gasteiger charge is 2.56. The smallest absolute Gasteiger partial charge is 0.407 e. The lowest BCUT2D eigenvalue weighted by Gasteiger charge is -2.52. The molecule has 2 aromatic carbocycles. The lowest BCUT2D eigenvalue weighted by molar-refractivity contribution is -0.164. The molecule has 1 fully saturated rings. The van der Waals surface area contributed by atoms with Gasteiger partial charge < -0.3 is 19.4 Å². The van der Waals surface area contributed by atoms with E-state index in [0.717, 1.165) is 11.1 Å². The van der Waals surface area contributed by atoms with E-state index in [0.29, 0.717) is 12.3 Å². The zero-order valence-corrected chi connectivity index (χ0v) is 19.2. The topological polar surface area (TPSA) is 71.8 Å². The van der Waals surface area contributed by atoms with Crippen molar-refractivity contribution in [2.45, 2.75) is 46.0 Å². The van der Waals surface area contributed by atoms with Crippen LogP contribution in [0.4, 0.5) is 4.79 Å². The van der Waals surface area contributed by atoms with Crippen molar-refractivity contribution >= 4 is 12.0 Å². The Morgan fingerprint density at radius 2 is 1.64 bits per heavy atom. The summed E-state index contributed by atoms with van der Waals surface area (Å²) in [5.74, 6) is 0.247. The molecule has 1 aromatic heterocycles. The van der Waals surface area contributed by atoms with E-state index in [1.165, 1.54) is 0 Å². The SMILES string of the molecule is CC(C)(C)[C@H](NC(=O)OCc1ccccc1)[C@H]1C(=O)N(Cc2ccccc2)[C@@H]1c1ccco1. The number of nitrogens with one attached hydrogen (secondary N) is 1. The number of carbonyl (C=O) groups excluding carboxylic acids is 2. The molecule has 172 valence electrons. The normalized spacial score (nSPS) is 19.0. The molecule has 1 aliphatic rings. The van der Waals surface area contributed by atoms with Gasteiger partial charge in [-0.15, -0.1) is 0 Å². The molecule has 0 unspecified atom stereocenters. The fourth-order valence-corrected chi connectivity index (χ4v) is 4.38. The van der Waals surface area contributed by atoms with Gasteiger partial charge in [0.25, 0.3) is 0 Å². The summed E-state index contributed by atoms with van der Waals surface area (Å²) >= 11 is 0. The van der Waals surface area contributed by atoms with Crippen LogP contribution in [-0.2, 0) is 22.7 Å². The molecule has 0 aliphatic carbocycles. The Labute approximate surface area is 194 Å². The van der Waals surface area contributed by atoms with Crippen LogP contribution in [0.3, 0.4) is 0 Å². The minimum absolute atomic E-state index is 0.0106. The molecule has 0 saturated carbocycles. The lowest BCUT2D eigenvalue weighted by Crippen LogP contribution is -2.64. The van der Waals surface area contributed by atoms with Crippen LogP contribution in [0.15, 0.2) is 83.5 Å². The highest BCUT2D eigenvalue weighted by molar-refractivity contribution is 5.88. The van der Waals surface area contributed by atoms with Crippen molar-refractivity contribution in [3.63, 3.8) is 0 Å². The maximum Gasteiger partial charge on any atom is 0.407 e. The summed E-state index contributed by atoms with van der Waals surface area (Å²) in [5.41, 5.74) is 1.57. The summed E-state index contributed by atoms with van der Waals surface area (Å²) in [5, 5.41) is 2.99. The Morgan fingerprint density at radius 1 is 1.00 bits per heavy atom. The molecule has 2 amide bonds. The summed E-state index contributed by atoms with van der Waals surface area (Å²) < 4.78 is 11.2. The quantitative estimate of drug-likeness (QED) is 0.499. The van der Waals surface area contributed by atoms with Crippen LogP contribution in [0.5, 0.6) is 0 Å². The molecule has 6 nitrogen and oxygen atoms in total. The van der Waals surface area contributed by atoms with Gasteiger partial charge in [0.05, 0.1) is 18.2 Å². The average Bonchev–Trinajstić information content (AvgIpc) is 3.33. The van der Waals surface area contributed by atoms with Crippen LogP contribution >= 0.6 is 0 Å². The molecule has 3 atom stereocenters. The Morgan fingerprint density at radius 3 is 2.21 bits per heavy atom. The molecular weight excluding hydrogens is 416 g/mol. The van der Waals surface area contributed by atoms with E-state index in [1.807, 2.05) is 98.5 Å². The Balaban J connectivity index is 1.53. The summed E-state index contributed by atoms with van der Waals surface area (Å²) in [4.78, 5) is 27.9. The van der Waals surface area contributed by atoms with Gasteiger partial charge in [-0.2, -0.15) is 0 Å². The number of hydrogen-bond acceptors (Lipinski definition) is 4. The van der Waals surface area contributed by atoms with E-state index < -0.39 is 18.1 Å². The maximum absolute atomic E-state index is 13.4. The second-order valence-electron chi connectivity index (χ2n) is 9.49. The van der Waals surface area contributed by atoms with Crippen LogP contribution in [0.1, 0.15) is 43.7 Å². The number of amides is 2. The Hall–Kier alpha value is -3.54. The van der Waals surface area contributed by atoms with Crippen molar-refractivity contribution in [2.24, 2.45) is 11.3 Å². The van der Waals surface area contributed by atoms with E-state index in [4.69, 9.17) is 9.15 Å². The van der Waals surface area contributed by atoms with Gasteiger partial charge in [-0.25, -0.2) is 4.79 Å². The first-order valence-electron chi connectivity index (χ1n) is 11.2. The third kappa shape index (κ3) is 5.11. The number of β-lactam (4-membered cyclic amide) rings is 1. The monoisotopic (exact) mass is 446 g/mol.